The molecule has 0 aromatic rings. The van der Waals surface area contributed by atoms with Gasteiger partial charge in [-0.25, -0.2) is 4.79 Å². The lowest BCUT2D eigenvalue weighted by Gasteiger charge is -2.24. The number of nitrogens with one attached hydrogen (secondary N) is 2. The van der Waals surface area contributed by atoms with Gasteiger partial charge in [0.2, 0.25) is 11.8 Å². The van der Waals surface area contributed by atoms with Gasteiger partial charge in [-0.15, -0.1) is 11.6 Å². The van der Waals surface area contributed by atoms with E-state index in [0.717, 1.165) is 5.92 Å². The van der Waals surface area contributed by atoms with E-state index in [1.807, 2.05) is 0 Å². The number of hydrogen-bond acceptors (Lipinski definition) is 5. The fraction of sp³-hybridized carbons (Fsp3) is 0.789. The molecule has 0 spiro atoms. The van der Waals surface area contributed by atoms with Crippen LogP contribution in [0, 0.1) is 11.8 Å². The number of Topliss-reactive ketones (excluding diaryl/α,β-unsaturated/α-hetero) is 1. The molecule has 1 heterocycles. The van der Waals surface area contributed by atoms with Crippen molar-refractivity contribution >= 4 is 35.3 Å². The molecule has 0 aromatic heterocycles. The quantitative estimate of drug-likeness (QED) is 0.613. The number of carbonyl (C=O) groups excluding carboxylic acids is 4. The minimum absolute atomic E-state index is 0.134. The molecule has 0 bridgehead atoms. The van der Waals surface area contributed by atoms with Crippen LogP contribution in [0.5, 0.6) is 0 Å². The Hall–Kier alpha value is -1.83. The lowest BCUT2D eigenvalue weighted by atomic mass is 10.1. The van der Waals surface area contributed by atoms with Gasteiger partial charge in [-0.2, -0.15) is 0 Å². The Morgan fingerprint density at radius 1 is 1.29 bits per heavy atom. The second kappa shape index (κ2) is 12.6. The van der Waals surface area contributed by atoms with Crippen molar-refractivity contribution in [2.24, 2.45) is 11.8 Å². The monoisotopic (exact) mass is 419 g/mol. The molecule has 0 aromatic carbocycles. The van der Waals surface area contributed by atoms with Gasteiger partial charge < -0.3 is 20.3 Å². The maximum atomic E-state index is 12.0. The van der Waals surface area contributed by atoms with E-state index in [9.17, 15) is 19.2 Å². The van der Waals surface area contributed by atoms with Crippen LogP contribution in [0.1, 0.15) is 48.0 Å². The second-order valence-corrected chi connectivity index (χ2v) is 8.58. The highest BCUT2D eigenvalue weighted by Gasteiger charge is 2.29. The maximum absolute atomic E-state index is 12.0. The molecule has 28 heavy (non-hydrogen) atoms. The summed E-state index contributed by atoms with van der Waals surface area (Å²) < 4.78 is 5.03. The first-order chi connectivity index (χ1) is 12.9. The van der Waals surface area contributed by atoms with Crippen LogP contribution in [0.2, 0.25) is 0 Å². The van der Waals surface area contributed by atoms with Crippen molar-refractivity contribution in [2.45, 2.75) is 53.6 Å². The molecule has 0 radical (unpaired) electrons. The number of halogens is 1. The topological polar surface area (TPSA) is 105 Å². The first-order valence-electron chi connectivity index (χ1n) is 9.45. The summed E-state index contributed by atoms with van der Waals surface area (Å²) >= 11 is 5.56. The van der Waals surface area contributed by atoms with Crippen molar-refractivity contribution in [1.82, 2.24) is 15.5 Å². The molecule has 0 aliphatic carbocycles. The summed E-state index contributed by atoms with van der Waals surface area (Å²) in [6.07, 6.45) is -0.101. The third-order valence-corrected chi connectivity index (χ3v) is 3.50. The average Bonchev–Trinajstić information content (AvgIpc) is 2.94. The van der Waals surface area contributed by atoms with Crippen molar-refractivity contribution in [3.05, 3.63) is 0 Å². The highest BCUT2D eigenvalue weighted by atomic mass is 35.5. The number of rotatable bonds is 7. The molecule has 1 fully saturated rings. The predicted molar refractivity (Wildman–Crippen MR) is 108 cm³/mol. The number of alkyl halides is 1. The van der Waals surface area contributed by atoms with Crippen molar-refractivity contribution in [2.75, 3.05) is 32.1 Å². The van der Waals surface area contributed by atoms with E-state index >= 15 is 0 Å². The van der Waals surface area contributed by atoms with Gasteiger partial charge in [0.1, 0.15) is 11.5 Å². The number of nitrogens with zero attached hydrogens (tertiary/aromatic N) is 1. The molecule has 162 valence electrons. The molecule has 8 nitrogen and oxygen atoms in total. The minimum Gasteiger partial charge on any atom is -0.444 e. The van der Waals surface area contributed by atoms with E-state index in [2.05, 4.69) is 31.4 Å². The molecule has 3 amide bonds. The van der Waals surface area contributed by atoms with Crippen LogP contribution in [0.3, 0.4) is 0 Å². The SMILES string of the molecule is CC(C)(C)OC(=O)NCC(=O)CN(C[C@@H]1CCNC1=O)C(=O)CCl.CC(C)C. The van der Waals surface area contributed by atoms with E-state index in [4.69, 9.17) is 16.3 Å². The summed E-state index contributed by atoms with van der Waals surface area (Å²) in [6, 6.07) is 0. The third-order valence-electron chi connectivity index (χ3n) is 3.27. The second-order valence-electron chi connectivity index (χ2n) is 8.31. The Morgan fingerprint density at radius 2 is 1.86 bits per heavy atom. The van der Waals surface area contributed by atoms with Gasteiger partial charge in [-0.1, -0.05) is 20.8 Å². The summed E-state index contributed by atoms with van der Waals surface area (Å²) in [5.41, 5.74) is -0.663. The number of hydrogen-bond donors (Lipinski definition) is 2. The number of amides is 3. The lowest BCUT2D eigenvalue weighted by Crippen LogP contribution is -2.44. The van der Waals surface area contributed by atoms with Gasteiger partial charge >= 0.3 is 6.09 Å². The van der Waals surface area contributed by atoms with E-state index < -0.39 is 17.6 Å². The molecule has 1 rings (SSSR count). The van der Waals surface area contributed by atoms with Crippen LogP contribution >= 0.6 is 11.6 Å². The average molecular weight is 420 g/mol. The van der Waals surface area contributed by atoms with Gasteiger partial charge in [0.05, 0.1) is 19.0 Å². The van der Waals surface area contributed by atoms with Crippen LogP contribution in [0.25, 0.3) is 0 Å². The van der Waals surface area contributed by atoms with E-state index in [1.54, 1.807) is 20.8 Å². The minimum atomic E-state index is -0.707. The van der Waals surface area contributed by atoms with Gasteiger partial charge in [0, 0.05) is 13.1 Å². The standard InChI is InChI=1S/C15H24ClN3O5.C4H10/c1-15(2,3)24-14(23)18-7-11(20)9-19(12(21)6-16)8-10-4-5-17-13(10)22;1-4(2)3/h10H,4-9H2,1-3H3,(H,17,22)(H,18,23);4H,1-3H3/t10-;/m0./s1. The molecule has 1 aliphatic rings. The summed E-state index contributed by atoms with van der Waals surface area (Å²) in [5, 5.41) is 5.02. The van der Waals surface area contributed by atoms with Crippen LogP contribution in [0.4, 0.5) is 4.79 Å². The van der Waals surface area contributed by atoms with Gasteiger partial charge in [0.15, 0.2) is 5.78 Å². The molecule has 1 atom stereocenters. The molecule has 0 saturated carbocycles. The first kappa shape index (κ1) is 26.2. The fourth-order valence-corrected chi connectivity index (χ4v) is 2.35. The Kier molecular flexibility index (Phi) is 11.8. The van der Waals surface area contributed by atoms with Gasteiger partial charge in [-0.05, 0) is 33.1 Å². The summed E-state index contributed by atoms with van der Waals surface area (Å²) in [4.78, 5) is 48.2. The third kappa shape index (κ3) is 12.5. The summed E-state index contributed by atoms with van der Waals surface area (Å²) in [7, 11) is 0. The zero-order valence-electron chi connectivity index (χ0n) is 17.8. The van der Waals surface area contributed by atoms with E-state index in [1.165, 1.54) is 4.90 Å². The fourth-order valence-electron chi connectivity index (χ4n) is 2.18. The molecule has 9 heteroatoms. The number of ketones is 1. The molecule has 0 unspecified atom stereocenters. The zero-order chi connectivity index (χ0) is 21.9. The van der Waals surface area contributed by atoms with Crippen molar-refractivity contribution < 1.29 is 23.9 Å². The summed E-state index contributed by atoms with van der Waals surface area (Å²) in [6.45, 7) is 11.8. The van der Waals surface area contributed by atoms with Crippen LogP contribution in [-0.4, -0.2) is 66.3 Å². The Bertz CT molecular complexity index is 543. The lowest BCUT2D eigenvalue weighted by molar-refractivity contribution is -0.134. The molecular weight excluding hydrogens is 386 g/mol. The zero-order valence-corrected chi connectivity index (χ0v) is 18.5. The van der Waals surface area contributed by atoms with Crippen LogP contribution in [0.15, 0.2) is 0 Å². The normalized spacial score (nSPS) is 16.0. The van der Waals surface area contributed by atoms with Crippen molar-refractivity contribution in [3.63, 3.8) is 0 Å². The van der Waals surface area contributed by atoms with Crippen molar-refractivity contribution in [1.29, 1.82) is 0 Å². The molecular formula is C19H34ClN3O5. The number of alkyl carbamates (subject to hydrolysis) is 1. The summed E-state index contributed by atoms with van der Waals surface area (Å²) in [5.74, 6) is -0.730. The predicted octanol–water partition coefficient (Wildman–Crippen LogP) is 1.95. The Morgan fingerprint density at radius 3 is 2.29 bits per heavy atom. The van der Waals surface area contributed by atoms with Crippen molar-refractivity contribution in [3.8, 4) is 0 Å². The van der Waals surface area contributed by atoms with Gasteiger partial charge in [-0.3, -0.25) is 14.4 Å². The smallest absolute Gasteiger partial charge is 0.408 e. The van der Waals surface area contributed by atoms with Crippen LogP contribution < -0.4 is 10.6 Å². The number of carbonyl (C=O) groups is 4. The van der Waals surface area contributed by atoms with E-state index in [0.29, 0.717) is 13.0 Å². The highest BCUT2D eigenvalue weighted by Crippen LogP contribution is 2.12. The Balaban J connectivity index is 0.00000165. The van der Waals surface area contributed by atoms with Crippen LogP contribution in [-0.2, 0) is 19.1 Å². The van der Waals surface area contributed by atoms with Gasteiger partial charge in [0.25, 0.3) is 0 Å². The number of ether oxygens (including phenoxy) is 1. The molecule has 1 saturated heterocycles. The molecule has 1 aliphatic heterocycles. The highest BCUT2D eigenvalue weighted by molar-refractivity contribution is 6.27. The largest absolute Gasteiger partial charge is 0.444 e. The van der Waals surface area contributed by atoms with E-state index in [-0.39, 0.29) is 43.1 Å². The first-order valence-corrected chi connectivity index (χ1v) is 9.99. The molecule has 2 N–H and O–H groups in total. The Labute approximate surface area is 172 Å². The maximum Gasteiger partial charge on any atom is 0.408 e.